The van der Waals surface area contributed by atoms with Crippen molar-refractivity contribution in [3.8, 4) is 0 Å². The lowest BCUT2D eigenvalue weighted by Gasteiger charge is -2.65. The lowest BCUT2D eigenvalue weighted by atomic mass is 9.46. The summed E-state index contributed by atoms with van der Waals surface area (Å²) in [5.74, 6) is -1.29. The highest BCUT2D eigenvalue weighted by Crippen LogP contribution is 2.57. The molecule has 3 amide bonds. The third-order valence-electron chi connectivity index (χ3n) is 5.27. The van der Waals surface area contributed by atoms with Crippen LogP contribution in [0.2, 0.25) is 0 Å². The maximum Gasteiger partial charge on any atom is 0.246 e. The van der Waals surface area contributed by atoms with Crippen molar-refractivity contribution in [3.05, 3.63) is 0 Å². The fourth-order valence-electron chi connectivity index (χ4n) is 4.05. The van der Waals surface area contributed by atoms with Crippen LogP contribution < -0.4 is 11.1 Å². The van der Waals surface area contributed by atoms with Crippen LogP contribution in [0.4, 0.5) is 0 Å². The molecule has 3 atom stereocenters. The van der Waals surface area contributed by atoms with Gasteiger partial charge in [-0.15, -0.1) is 0 Å². The smallest absolute Gasteiger partial charge is 0.246 e. The number of imide groups is 1. The molecule has 116 valence electrons. The predicted octanol–water partition coefficient (Wildman–Crippen LogP) is -0.996. The number of nitrogens with two attached hydrogens (primary N) is 1. The Balaban J connectivity index is 1.86. The molecule has 0 bridgehead atoms. The van der Waals surface area contributed by atoms with Crippen molar-refractivity contribution in [2.75, 3.05) is 19.7 Å². The molecule has 2 heterocycles. The van der Waals surface area contributed by atoms with Crippen LogP contribution in [0.1, 0.15) is 26.7 Å². The fraction of sp³-hybridized carbons (Fsp3) is 0.786. The Hall–Kier alpha value is -1.47. The van der Waals surface area contributed by atoms with Gasteiger partial charge in [0.15, 0.2) is 0 Å². The summed E-state index contributed by atoms with van der Waals surface area (Å²) in [5, 5.41) is 2.19. The number of fused-ring (bicyclic) bond motifs is 1. The minimum Gasteiger partial charge on any atom is -0.377 e. The van der Waals surface area contributed by atoms with E-state index in [-0.39, 0.29) is 31.0 Å². The zero-order chi connectivity index (χ0) is 15.4. The zero-order valence-electron chi connectivity index (χ0n) is 12.3. The molecule has 21 heavy (non-hydrogen) atoms. The van der Waals surface area contributed by atoms with Crippen molar-refractivity contribution < 1.29 is 19.1 Å². The molecule has 1 aliphatic carbocycles. The molecule has 2 saturated heterocycles. The standard InChI is InChI=1S/C14H21N3O4/c1-13(2)11-8(4-3-5-21-11)14(13,15)12(20)17-6-9(18)16-10(19)7-17/h8,11H,3-7,15H2,1-2H3,(H,16,18,19). The summed E-state index contributed by atoms with van der Waals surface area (Å²) in [4.78, 5) is 37.1. The highest BCUT2D eigenvalue weighted by molar-refractivity contribution is 6.04. The van der Waals surface area contributed by atoms with Crippen LogP contribution in [-0.2, 0) is 19.1 Å². The van der Waals surface area contributed by atoms with Gasteiger partial charge < -0.3 is 15.4 Å². The molecule has 2 aliphatic heterocycles. The van der Waals surface area contributed by atoms with Gasteiger partial charge in [0.25, 0.3) is 0 Å². The van der Waals surface area contributed by atoms with Gasteiger partial charge in [0, 0.05) is 17.9 Å². The second-order valence-electron chi connectivity index (χ2n) is 6.76. The van der Waals surface area contributed by atoms with E-state index in [1.54, 1.807) is 0 Å². The Morgan fingerprint density at radius 1 is 1.33 bits per heavy atom. The average Bonchev–Trinajstić information content (AvgIpc) is 2.44. The molecular weight excluding hydrogens is 274 g/mol. The van der Waals surface area contributed by atoms with Crippen LogP contribution in [0, 0.1) is 11.3 Å². The molecule has 3 rings (SSSR count). The lowest BCUT2D eigenvalue weighted by molar-refractivity contribution is -0.230. The number of piperazine rings is 1. The summed E-state index contributed by atoms with van der Waals surface area (Å²) in [7, 11) is 0. The van der Waals surface area contributed by atoms with Gasteiger partial charge in [-0.25, -0.2) is 0 Å². The van der Waals surface area contributed by atoms with Crippen LogP contribution in [0.3, 0.4) is 0 Å². The molecule has 0 aromatic carbocycles. The second-order valence-corrected chi connectivity index (χ2v) is 6.76. The van der Waals surface area contributed by atoms with E-state index in [2.05, 4.69) is 5.32 Å². The first-order valence-corrected chi connectivity index (χ1v) is 7.31. The minimum atomic E-state index is -1.07. The SMILES string of the molecule is CC1(C)C2OCCCC2C1(N)C(=O)N1CC(=O)NC(=O)C1. The number of hydrogen-bond donors (Lipinski definition) is 2. The average molecular weight is 295 g/mol. The van der Waals surface area contributed by atoms with Crippen molar-refractivity contribution in [3.63, 3.8) is 0 Å². The fourth-order valence-corrected chi connectivity index (χ4v) is 4.05. The molecule has 1 saturated carbocycles. The van der Waals surface area contributed by atoms with Crippen molar-refractivity contribution in [1.29, 1.82) is 0 Å². The largest absolute Gasteiger partial charge is 0.377 e. The Labute approximate surface area is 123 Å². The summed E-state index contributed by atoms with van der Waals surface area (Å²) >= 11 is 0. The predicted molar refractivity (Wildman–Crippen MR) is 72.9 cm³/mol. The summed E-state index contributed by atoms with van der Waals surface area (Å²) in [6.07, 6.45) is 1.68. The van der Waals surface area contributed by atoms with Gasteiger partial charge in [-0.05, 0) is 12.8 Å². The first kappa shape index (κ1) is 14.5. The maximum absolute atomic E-state index is 12.9. The van der Waals surface area contributed by atoms with Crippen molar-refractivity contribution in [2.45, 2.75) is 38.3 Å². The highest BCUT2D eigenvalue weighted by Gasteiger charge is 2.71. The molecular formula is C14H21N3O4. The van der Waals surface area contributed by atoms with E-state index < -0.39 is 22.8 Å². The van der Waals surface area contributed by atoms with Gasteiger partial charge in [-0.2, -0.15) is 0 Å². The first-order valence-electron chi connectivity index (χ1n) is 7.31. The molecule has 7 nitrogen and oxygen atoms in total. The first-order chi connectivity index (χ1) is 9.78. The third-order valence-corrected chi connectivity index (χ3v) is 5.27. The maximum atomic E-state index is 12.9. The zero-order valence-corrected chi connectivity index (χ0v) is 12.3. The van der Waals surface area contributed by atoms with E-state index in [4.69, 9.17) is 10.5 Å². The molecule has 3 aliphatic rings. The normalized spacial score (nSPS) is 38.3. The Morgan fingerprint density at radius 2 is 1.95 bits per heavy atom. The number of carbonyl (C=O) groups is 3. The number of rotatable bonds is 1. The Morgan fingerprint density at radius 3 is 2.57 bits per heavy atom. The van der Waals surface area contributed by atoms with E-state index in [9.17, 15) is 14.4 Å². The van der Waals surface area contributed by atoms with Crippen LogP contribution in [0.15, 0.2) is 0 Å². The van der Waals surface area contributed by atoms with Crippen LogP contribution in [0.5, 0.6) is 0 Å². The van der Waals surface area contributed by atoms with E-state index in [0.717, 1.165) is 12.8 Å². The van der Waals surface area contributed by atoms with Crippen molar-refractivity contribution in [2.24, 2.45) is 17.1 Å². The van der Waals surface area contributed by atoms with Gasteiger partial charge in [-0.3, -0.25) is 19.7 Å². The molecule has 0 radical (unpaired) electrons. The van der Waals surface area contributed by atoms with Crippen LogP contribution >= 0.6 is 0 Å². The molecule has 3 N–H and O–H groups in total. The van der Waals surface area contributed by atoms with Gasteiger partial charge in [0.1, 0.15) is 18.6 Å². The lowest BCUT2D eigenvalue weighted by Crippen LogP contribution is -2.83. The number of nitrogens with one attached hydrogen (secondary N) is 1. The Kier molecular flexibility index (Phi) is 3.11. The minimum absolute atomic E-state index is 0.0329. The van der Waals surface area contributed by atoms with Gasteiger partial charge >= 0.3 is 0 Å². The number of ether oxygens (including phenoxy) is 1. The van der Waals surface area contributed by atoms with E-state index in [0.29, 0.717) is 6.61 Å². The second kappa shape index (κ2) is 4.51. The molecule has 0 aromatic rings. The topological polar surface area (TPSA) is 102 Å². The van der Waals surface area contributed by atoms with Gasteiger partial charge in [-0.1, -0.05) is 13.8 Å². The summed E-state index contributed by atoms with van der Waals surface area (Å²) < 4.78 is 5.77. The number of nitrogens with zero attached hydrogens (tertiary/aromatic N) is 1. The van der Waals surface area contributed by atoms with E-state index in [1.165, 1.54) is 4.90 Å². The van der Waals surface area contributed by atoms with Gasteiger partial charge in [0.05, 0.1) is 6.10 Å². The molecule has 7 heteroatoms. The summed E-state index contributed by atoms with van der Waals surface area (Å²) in [5.41, 5.74) is 4.91. The number of carbonyl (C=O) groups excluding carboxylic acids is 3. The molecule has 3 fully saturated rings. The molecule has 3 unspecified atom stereocenters. The Bertz CT molecular complexity index is 502. The van der Waals surface area contributed by atoms with Crippen LogP contribution in [0.25, 0.3) is 0 Å². The highest BCUT2D eigenvalue weighted by atomic mass is 16.5. The summed E-state index contributed by atoms with van der Waals surface area (Å²) in [6.45, 7) is 4.31. The van der Waals surface area contributed by atoms with Gasteiger partial charge in [0.2, 0.25) is 17.7 Å². The number of amides is 3. The van der Waals surface area contributed by atoms with Crippen molar-refractivity contribution in [1.82, 2.24) is 10.2 Å². The number of hydrogen-bond acceptors (Lipinski definition) is 5. The molecule has 0 spiro atoms. The van der Waals surface area contributed by atoms with Crippen LogP contribution in [-0.4, -0.2) is 54.0 Å². The van der Waals surface area contributed by atoms with E-state index >= 15 is 0 Å². The molecule has 0 aromatic heterocycles. The van der Waals surface area contributed by atoms with Crippen molar-refractivity contribution >= 4 is 17.7 Å². The quantitative estimate of drug-likeness (QED) is 0.604. The monoisotopic (exact) mass is 295 g/mol. The third kappa shape index (κ3) is 1.83. The summed E-state index contributed by atoms with van der Waals surface area (Å²) in [6, 6.07) is 0. The van der Waals surface area contributed by atoms with E-state index in [1.807, 2.05) is 13.8 Å².